The van der Waals surface area contributed by atoms with Gasteiger partial charge >= 0.3 is 0 Å². The molecule has 31 heavy (non-hydrogen) atoms. The van der Waals surface area contributed by atoms with Crippen LogP contribution in [-0.4, -0.2) is 47.9 Å². The first kappa shape index (κ1) is 24.7. The van der Waals surface area contributed by atoms with Gasteiger partial charge in [0.2, 0.25) is 15.9 Å². The van der Waals surface area contributed by atoms with Gasteiger partial charge in [-0.1, -0.05) is 12.1 Å². The molecule has 170 valence electrons. The standard InChI is InChI=1S/C21H28N2O6S2/c1-6-29-19-11-9-18(10-12-19)23(31(5,27)28)16(3)21(24)22-15(2)17-7-13-20(14-8-17)30(4,25)26/h7-16H,6H2,1-5H3,(H,22,24)/t15-,16-/m1/s1. The fourth-order valence-corrected chi connectivity index (χ4v) is 4.89. The molecular formula is C21H28N2O6S2. The zero-order chi connectivity index (χ0) is 23.4. The summed E-state index contributed by atoms with van der Waals surface area (Å²) in [6, 6.07) is 11.2. The van der Waals surface area contributed by atoms with Crippen molar-refractivity contribution in [1.82, 2.24) is 5.32 Å². The Kier molecular flexibility index (Phi) is 7.72. The molecule has 0 radical (unpaired) electrons. The Morgan fingerprint density at radius 2 is 1.52 bits per heavy atom. The highest BCUT2D eigenvalue weighted by atomic mass is 32.2. The minimum atomic E-state index is -3.74. The van der Waals surface area contributed by atoms with E-state index in [-0.39, 0.29) is 4.90 Å². The summed E-state index contributed by atoms with van der Waals surface area (Å²) in [7, 11) is -7.06. The lowest BCUT2D eigenvalue weighted by Gasteiger charge is -2.29. The van der Waals surface area contributed by atoms with Crippen LogP contribution in [-0.2, 0) is 24.7 Å². The van der Waals surface area contributed by atoms with Gasteiger partial charge in [0.25, 0.3) is 0 Å². The molecule has 1 N–H and O–H groups in total. The molecule has 2 atom stereocenters. The van der Waals surface area contributed by atoms with Crippen molar-refractivity contribution in [2.24, 2.45) is 0 Å². The van der Waals surface area contributed by atoms with E-state index in [1.165, 1.54) is 19.1 Å². The third-order valence-corrected chi connectivity index (χ3v) is 7.03. The third-order valence-electron chi connectivity index (χ3n) is 4.66. The van der Waals surface area contributed by atoms with E-state index in [0.717, 1.165) is 16.8 Å². The van der Waals surface area contributed by atoms with Gasteiger partial charge in [0.05, 0.1) is 29.5 Å². The molecule has 1 amide bonds. The number of nitrogens with zero attached hydrogens (tertiary/aromatic N) is 1. The molecule has 0 unspecified atom stereocenters. The minimum Gasteiger partial charge on any atom is -0.494 e. The van der Waals surface area contributed by atoms with Crippen molar-refractivity contribution in [2.75, 3.05) is 23.4 Å². The van der Waals surface area contributed by atoms with E-state index in [9.17, 15) is 21.6 Å². The molecule has 2 aromatic rings. The van der Waals surface area contributed by atoms with Crippen LogP contribution >= 0.6 is 0 Å². The molecule has 2 rings (SSSR count). The summed E-state index contributed by atoms with van der Waals surface area (Å²) >= 11 is 0. The molecule has 10 heteroatoms. The summed E-state index contributed by atoms with van der Waals surface area (Å²) in [6.07, 6.45) is 2.16. The Balaban J connectivity index is 2.21. The Labute approximate surface area is 184 Å². The zero-order valence-corrected chi connectivity index (χ0v) is 19.8. The topological polar surface area (TPSA) is 110 Å². The maximum atomic E-state index is 12.8. The van der Waals surface area contributed by atoms with Crippen molar-refractivity contribution in [3.63, 3.8) is 0 Å². The maximum absolute atomic E-state index is 12.8. The van der Waals surface area contributed by atoms with E-state index in [2.05, 4.69) is 5.32 Å². The van der Waals surface area contributed by atoms with Crippen LogP contribution in [0.2, 0.25) is 0 Å². The van der Waals surface area contributed by atoms with Gasteiger partial charge in [0.1, 0.15) is 11.8 Å². The number of hydrogen-bond acceptors (Lipinski definition) is 6. The summed E-state index contributed by atoms with van der Waals surface area (Å²) in [4.78, 5) is 13.0. The normalized spacial score (nSPS) is 13.8. The average molecular weight is 469 g/mol. The lowest BCUT2D eigenvalue weighted by molar-refractivity contribution is -0.122. The molecule has 0 saturated heterocycles. The highest BCUT2D eigenvalue weighted by Crippen LogP contribution is 2.24. The van der Waals surface area contributed by atoms with Gasteiger partial charge in [-0.05, 0) is 62.7 Å². The van der Waals surface area contributed by atoms with Crippen molar-refractivity contribution in [3.05, 3.63) is 54.1 Å². The van der Waals surface area contributed by atoms with Gasteiger partial charge in [0.15, 0.2) is 9.84 Å². The Morgan fingerprint density at radius 1 is 0.968 bits per heavy atom. The number of hydrogen-bond donors (Lipinski definition) is 1. The van der Waals surface area contributed by atoms with Crippen LogP contribution in [0.5, 0.6) is 5.75 Å². The molecular weight excluding hydrogens is 440 g/mol. The van der Waals surface area contributed by atoms with E-state index in [0.29, 0.717) is 23.6 Å². The van der Waals surface area contributed by atoms with Crippen molar-refractivity contribution in [2.45, 2.75) is 37.8 Å². The van der Waals surface area contributed by atoms with Gasteiger partial charge in [0, 0.05) is 6.26 Å². The number of benzene rings is 2. The fourth-order valence-electron chi connectivity index (χ4n) is 3.09. The maximum Gasteiger partial charge on any atom is 0.244 e. The Morgan fingerprint density at radius 3 is 1.97 bits per heavy atom. The van der Waals surface area contributed by atoms with Crippen LogP contribution in [0.25, 0.3) is 0 Å². The van der Waals surface area contributed by atoms with Crippen molar-refractivity contribution < 1.29 is 26.4 Å². The Bertz CT molecular complexity index is 1110. The second kappa shape index (κ2) is 9.69. The second-order valence-corrected chi connectivity index (χ2v) is 11.1. The number of sulfone groups is 1. The van der Waals surface area contributed by atoms with Crippen molar-refractivity contribution in [3.8, 4) is 5.75 Å². The molecule has 0 spiro atoms. The molecule has 8 nitrogen and oxygen atoms in total. The number of carbonyl (C=O) groups is 1. The first-order valence-electron chi connectivity index (χ1n) is 9.67. The monoisotopic (exact) mass is 468 g/mol. The summed E-state index contributed by atoms with van der Waals surface area (Å²) in [6.45, 7) is 5.57. The number of rotatable bonds is 9. The van der Waals surface area contributed by atoms with Gasteiger partial charge in [-0.3, -0.25) is 9.10 Å². The molecule has 0 aliphatic carbocycles. The van der Waals surface area contributed by atoms with Crippen LogP contribution in [0.4, 0.5) is 5.69 Å². The van der Waals surface area contributed by atoms with Crippen LogP contribution in [0, 0.1) is 0 Å². The lowest BCUT2D eigenvalue weighted by Crippen LogP contribution is -2.48. The highest BCUT2D eigenvalue weighted by molar-refractivity contribution is 7.92. The number of sulfonamides is 1. The zero-order valence-electron chi connectivity index (χ0n) is 18.2. The number of anilines is 1. The average Bonchev–Trinajstić information content (AvgIpc) is 2.68. The molecule has 0 aromatic heterocycles. The predicted octanol–water partition coefficient (Wildman–Crippen LogP) is 2.52. The van der Waals surface area contributed by atoms with Crippen molar-refractivity contribution in [1.29, 1.82) is 0 Å². The number of nitrogens with one attached hydrogen (secondary N) is 1. The highest BCUT2D eigenvalue weighted by Gasteiger charge is 2.30. The minimum absolute atomic E-state index is 0.182. The van der Waals surface area contributed by atoms with Crippen LogP contribution in [0.1, 0.15) is 32.4 Å². The first-order valence-corrected chi connectivity index (χ1v) is 13.4. The van der Waals surface area contributed by atoms with E-state index in [1.807, 2.05) is 6.92 Å². The fraction of sp³-hybridized carbons (Fsp3) is 0.381. The number of amides is 1. The van der Waals surface area contributed by atoms with Crippen LogP contribution in [0.3, 0.4) is 0 Å². The molecule has 0 heterocycles. The first-order chi connectivity index (χ1) is 14.3. The van der Waals surface area contributed by atoms with Gasteiger partial charge in [-0.25, -0.2) is 16.8 Å². The SMILES string of the molecule is CCOc1ccc(N([C@H](C)C(=O)N[C@H](C)c2ccc(S(C)(=O)=O)cc2)S(C)(=O)=O)cc1. The van der Waals surface area contributed by atoms with Gasteiger partial charge in [-0.2, -0.15) is 0 Å². The van der Waals surface area contributed by atoms with E-state index < -0.39 is 37.9 Å². The van der Waals surface area contributed by atoms with Gasteiger partial charge < -0.3 is 10.1 Å². The van der Waals surface area contributed by atoms with Gasteiger partial charge in [-0.15, -0.1) is 0 Å². The molecule has 0 saturated carbocycles. The molecule has 2 aromatic carbocycles. The number of ether oxygens (including phenoxy) is 1. The Hall–Kier alpha value is -2.59. The van der Waals surface area contributed by atoms with E-state index in [4.69, 9.17) is 4.74 Å². The van der Waals surface area contributed by atoms with Crippen molar-refractivity contribution >= 4 is 31.5 Å². The third kappa shape index (κ3) is 6.44. The smallest absolute Gasteiger partial charge is 0.244 e. The molecule has 0 aliphatic heterocycles. The number of carbonyl (C=O) groups excluding carboxylic acids is 1. The summed E-state index contributed by atoms with van der Waals surface area (Å²) in [5.41, 5.74) is 1.04. The summed E-state index contributed by atoms with van der Waals surface area (Å²) in [5, 5.41) is 2.79. The van der Waals surface area contributed by atoms with Crippen LogP contribution < -0.4 is 14.4 Å². The van der Waals surface area contributed by atoms with E-state index >= 15 is 0 Å². The lowest BCUT2D eigenvalue weighted by atomic mass is 10.1. The summed E-state index contributed by atoms with van der Waals surface area (Å²) < 4.78 is 54.5. The second-order valence-electron chi connectivity index (χ2n) is 7.23. The predicted molar refractivity (Wildman–Crippen MR) is 121 cm³/mol. The summed E-state index contributed by atoms with van der Waals surface area (Å²) in [5.74, 6) is 0.113. The largest absolute Gasteiger partial charge is 0.494 e. The molecule has 0 aliphatic rings. The molecule has 0 bridgehead atoms. The van der Waals surface area contributed by atoms with Crippen LogP contribution in [0.15, 0.2) is 53.4 Å². The molecule has 0 fully saturated rings. The quantitative estimate of drug-likeness (QED) is 0.606. The van der Waals surface area contributed by atoms with E-state index in [1.54, 1.807) is 43.3 Å².